The Bertz CT molecular complexity index is 7520. The molecule has 0 fully saturated rings. The fourth-order valence-corrected chi connectivity index (χ4v) is 18.1. The van der Waals surface area contributed by atoms with E-state index in [9.17, 15) is 27.4 Å². The SMILES string of the molecule is [2H]c1c([2H])c([2H])c(-c2cccc3c2-c2cccc(-n4c5ccccc5c5ccccc54)c2-[n+]2[c-]n(-c4[c-]c(Oc5[c-]c6c(cc5)c5ccccc5n6-c5cc(C(C)(C)C)ccn5)ccc4)c4cc(-c5c([2H])c([2H])c([2H])c([Si](c6c([2H])c([2H])c([2H])c([2H])c6[2H])(c6c([2H])c([2H])c([2H])c([2H])c6[2H])c6c([2H])c([2H])c([2H])c([2H])c6[2H])c5[2H])cc(c42)-c2ccccc2-3)c([2H])c1[2H].[Pt]. The zero-order chi connectivity index (χ0) is 88.2. The molecule has 4 aromatic heterocycles. The molecule has 0 bridgehead atoms. The average Bonchev–Trinajstić information content (AvgIpc) is 0.887. The van der Waals surface area contributed by atoms with Crippen LogP contribution in [0.1, 0.15) is 59.2 Å². The Balaban J connectivity index is 0.0000108. The summed E-state index contributed by atoms with van der Waals surface area (Å²) in [6.07, 6.45) is 5.55. The molecule has 19 rings (SSSR count). The number of benzene rings is 14. The Morgan fingerprint density at radius 2 is 0.971 bits per heavy atom. The summed E-state index contributed by atoms with van der Waals surface area (Å²) < 4.78 is 246. The van der Waals surface area contributed by atoms with Crippen LogP contribution in [-0.2, 0) is 26.5 Å². The van der Waals surface area contributed by atoms with Crippen molar-refractivity contribution in [1.29, 1.82) is 0 Å². The van der Waals surface area contributed by atoms with Crippen LogP contribution in [0.3, 0.4) is 0 Å². The van der Waals surface area contributed by atoms with Crippen LogP contribution in [0.4, 0.5) is 0 Å². The Kier molecular flexibility index (Phi) is 10.2. The van der Waals surface area contributed by atoms with Gasteiger partial charge in [0.2, 0.25) is 0 Å². The van der Waals surface area contributed by atoms with Gasteiger partial charge in [0, 0.05) is 55.1 Å². The second-order valence-electron chi connectivity index (χ2n) is 25.6. The third-order valence-corrected chi connectivity index (χ3v) is 22.9. The molecule has 102 heavy (non-hydrogen) atoms. The van der Waals surface area contributed by atoms with E-state index >= 15 is 0 Å². The number of para-hydroxylation sites is 4. The van der Waals surface area contributed by atoms with Gasteiger partial charge in [0.05, 0.1) is 66.3 Å². The summed E-state index contributed by atoms with van der Waals surface area (Å²) in [5, 5.41) is -0.485. The normalized spacial score (nSPS) is 15.3. The monoisotopic (exact) mass is 1530 g/mol. The molecule has 0 spiro atoms. The summed E-state index contributed by atoms with van der Waals surface area (Å²) in [6.45, 7) is 6.38. The molecule has 0 unspecified atom stereocenters. The first-order chi connectivity index (χ1) is 59.7. The summed E-state index contributed by atoms with van der Waals surface area (Å²) >= 11 is 0. The van der Waals surface area contributed by atoms with E-state index in [1.807, 2.05) is 124 Å². The molecule has 1 aliphatic heterocycles. The molecule has 0 saturated carbocycles. The van der Waals surface area contributed by atoms with E-state index in [0.29, 0.717) is 56.0 Å². The summed E-state index contributed by atoms with van der Waals surface area (Å²) in [6, 6.07) is 41.2. The Morgan fingerprint density at radius 1 is 0.431 bits per heavy atom. The van der Waals surface area contributed by atoms with Gasteiger partial charge in [0.15, 0.2) is 8.07 Å². The van der Waals surface area contributed by atoms with E-state index < -0.39 is 179 Å². The van der Waals surface area contributed by atoms with Crippen LogP contribution >= 0.6 is 0 Å². The van der Waals surface area contributed by atoms with E-state index in [4.69, 9.17) is 15.2 Å². The van der Waals surface area contributed by atoms with Crippen LogP contribution in [0.5, 0.6) is 11.5 Å². The maximum absolute atomic E-state index is 11.2. The topological polar surface area (TPSA) is 40.8 Å². The minimum atomic E-state index is -6.41. The third-order valence-electron chi connectivity index (χ3n) is 18.9. The van der Waals surface area contributed by atoms with Gasteiger partial charge in [-0.05, 0) is 141 Å². The largest absolute Gasteiger partial charge is 0.510 e. The summed E-state index contributed by atoms with van der Waals surface area (Å²) in [4.78, 5) is 4.89. The molecular formula is C94H65N5OPtSi-2. The van der Waals surface area contributed by atoms with Gasteiger partial charge in [0.1, 0.15) is 5.82 Å². The van der Waals surface area contributed by atoms with Crippen molar-refractivity contribution >= 4 is 83.5 Å². The van der Waals surface area contributed by atoms with Crippen LogP contribution in [0.15, 0.2) is 339 Å². The fraction of sp³-hybridized carbons (Fsp3) is 0.0426. The number of aromatic nitrogens is 5. The number of ether oxygens (including phenoxy) is 1. The molecule has 0 aliphatic carbocycles. The number of imidazole rings is 1. The predicted molar refractivity (Wildman–Crippen MR) is 417 cm³/mol. The minimum absolute atomic E-state index is 0. The number of hydrogen-bond acceptors (Lipinski definition) is 2. The van der Waals surface area contributed by atoms with Gasteiger partial charge >= 0.3 is 0 Å². The van der Waals surface area contributed by atoms with E-state index in [-0.39, 0.29) is 71.4 Å². The van der Waals surface area contributed by atoms with Gasteiger partial charge in [-0.2, -0.15) is 18.2 Å². The maximum atomic E-state index is 11.2. The van der Waals surface area contributed by atoms with Crippen molar-refractivity contribution in [2.24, 2.45) is 0 Å². The summed E-state index contributed by atoms with van der Waals surface area (Å²) in [7, 11) is -6.41. The number of pyridine rings is 1. The van der Waals surface area contributed by atoms with Crippen molar-refractivity contribution < 1.29 is 63.3 Å². The second kappa shape index (κ2) is 25.0. The molecule has 0 atom stereocenters. The van der Waals surface area contributed by atoms with Crippen molar-refractivity contribution in [1.82, 2.24) is 18.7 Å². The second-order valence-corrected chi connectivity index (χ2v) is 29.1. The third kappa shape index (κ3) is 10.1. The number of fused-ring (bicyclic) bond motifs is 13. The molecule has 0 radical (unpaired) electrons. The molecular weight excluding hydrogens is 1440 g/mol. The first-order valence-corrected chi connectivity index (χ1v) is 34.6. The van der Waals surface area contributed by atoms with E-state index in [2.05, 4.69) is 49.9 Å². The van der Waals surface area contributed by atoms with Gasteiger partial charge in [0.25, 0.3) is 6.33 Å². The van der Waals surface area contributed by atoms with Crippen molar-refractivity contribution in [3.8, 4) is 90.0 Å². The van der Waals surface area contributed by atoms with Crippen LogP contribution in [-0.4, -0.2) is 26.8 Å². The van der Waals surface area contributed by atoms with E-state index in [0.717, 1.165) is 43.7 Å². The van der Waals surface area contributed by atoms with Crippen LogP contribution in [0.2, 0.25) is 0 Å². The van der Waals surface area contributed by atoms with Gasteiger partial charge < -0.3 is 18.4 Å². The summed E-state index contributed by atoms with van der Waals surface area (Å²) in [5.74, 6) is 1.06. The summed E-state index contributed by atoms with van der Waals surface area (Å²) in [5.41, 5.74) is 7.10. The fourth-order valence-electron chi connectivity index (χ4n) is 14.5. The molecule has 1 aliphatic rings. The van der Waals surface area contributed by atoms with Gasteiger partial charge in [-0.25, -0.2) is 4.98 Å². The number of rotatable bonds is 11. The van der Waals surface area contributed by atoms with E-state index in [1.54, 1.807) is 77.5 Å². The molecule has 18 aromatic rings. The van der Waals surface area contributed by atoms with Crippen molar-refractivity contribution in [2.45, 2.75) is 26.2 Å². The Labute approximate surface area is 641 Å². The average molecular weight is 1530 g/mol. The van der Waals surface area contributed by atoms with Gasteiger partial charge in [-0.3, -0.25) is 4.57 Å². The van der Waals surface area contributed by atoms with Crippen molar-refractivity contribution in [3.63, 3.8) is 0 Å². The Morgan fingerprint density at radius 3 is 1.64 bits per heavy atom. The molecule has 0 N–H and O–H groups in total. The zero-order valence-corrected chi connectivity index (χ0v) is 57.7. The van der Waals surface area contributed by atoms with Crippen molar-refractivity contribution in [3.05, 3.63) is 363 Å². The molecule has 14 aromatic carbocycles. The standard InChI is InChI=1S/C94H65N5OSi.Pt/c1-94(2,3)66-54-55-95-90(59-66)99-86-50-23-20-44-79(86)80-53-52-69(61-88(80)99)100-68-32-25-31-67(60-68)96-62-97-92-82(47-27-51-87(92)98-84-48-21-18-42-77(84)78-43-19-22-49-85(78)98)91-74(63-28-8-4-9-29-63)45-26-46-81(91)75-40-16-17-41-76(75)83-57-65(58-89(96)93(83)97)64-30-24-39-73(56-64)101(70-33-10-5-11-34-70,71-35-12-6-13-36-71)72-37-14-7-15-38-72;/h4-59H,1-3H3;/q-2;/i4D,5D,6D,7D,8D,9D,10D,11D,12D,13D,14D,15D,24D,28D,29D,30D,33D,34D,35D,36D,37D,38D,39D,56D;. The van der Waals surface area contributed by atoms with Crippen LogP contribution < -0.4 is 30.1 Å². The zero-order valence-electron chi connectivity index (χ0n) is 78.4. The van der Waals surface area contributed by atoms with Crippen molar-refractivity contribution in [2.75, 3.05) is 0 Å². The molecule has 0 amide bonds. The molecule has 488 valence electrons. The smallest absolute Gasteiger partial charge is 0.268 e. The number of hydrogen-bond donors (Lipinski definition) is 0. The van der Waals surface area contributed by atoms with Crippen LogP contribution in [0, 0.1) is 18.5 Å². The Hall–Kier alpha value is -12.0. The molecule has 8 heteroatoms. The van der Waals surface area contributed by atoms with Crippen LogP contribution in [0.25, 0.3) is 133 Å². The maximum Gasteiger partial charge on any atom is 0.268 e. The van der Waals surface area contributed by atoms with Gasteiger partial charge in [-0.1, -0.05) is 287 Å². The van der Waals surface area contributed by atoms with Gasteiger partial charge in [-0.15, -0.1) is 29.7 Å². The minimum Gasteiger partial charge on any atom is -0.510 e. The van der Waals surface area contributed by atoms with E-state index in [1.165, 1.54) is 0 Å². The molecule has 5 heterocycles. The molecule has 0 saturated heterocycles. The molecule has 6 nitrogen and oxygen atoms in total. The predicted octanol–water partition coefficient (Wildman–Crippen LogP) is 20.0. The first kappa shape index (κ1) is 41.5. The number of nitrogens with zero attached hydrogens (tertiary/aromatic N) is 5. The quantitative estimate of drug-likeness (QED) is 0.0560. The first-order valence-electron chi connectivity index (χ1n) is 44.6.